The topological polar surface area (TPSA) is 56.8 Å². The molecule has 0 bridgehead atoms. The fourth-order valence-corrected chi connectivity index (χ4v) is 2.84. The molecule has 0 radical (unpaired) electrons. The molecule has 0 spiro atoms. The molecule has 1 aliphatic carbocycles. The van der Waals surface area contributed by atoms with Gasteiger partial charge in [0, 0.05) is 23.7 Å². The minimum absolute atomic E-state index is 0.0752. The first-order chi connectivity index (χ1) is 11.2. The highest BCUT2D eigenvalue weighted by Gasteiger charge is 2.15. The summed E-state index contributed by atoms with van der Waals surface area (Å²) >= 11 is 0. The lowest BCUT2D eigenvalue weighted by atomic mass is 9.95. The van der Waals surface area contributed by atoms with Gasteiger partial charge in [0.1, 0.15) is 5.75 Å². The number of nitrogens with one attached hydrogen (secondary N) is 1. The number of amides is 1. The molecule has 23 heavy (non-hydrogen) atoms. The zero-order valence-electron chi connectivity index (χ0n) is 14.1. The average molecular weight is 319 g/mol. The van der Waals surface area contributed by atoms with Crippen LogP contribution in [0.1, 0.15) is 37.7 Å². The van der Waals surface area contributed by atoms with E-state index in [1.807, 2.05) is 0 Å². The monoisotopic (exact) mass is 319 g/mol. The molecule has 0 saturated heterocycles. The van der Waals surface area contributed by atoms with Crippen molar-refractivity contribution in [3.63, 3.8) is 0 Å². The molecule has 1 aromatic carbocycles. The van der Waals surface area contributed by atoms with Crippen molar-refractivity contribution < 1.29 is 19.0 Å². The van der Waals surface area contributed by atoms with Crippen molar-refractivity contribution in [3.05, 3.63) is 23.8 Å². The van der Waals surface area contributed by atoms with Crippen molar-refractivity contribution in [3.8, 4) is 17.2 Å². The molecule has 0 aromatic heterocycles. The lowest BCUT2D eigenvalue weighted by Gasteiger charge is -2.21. The molecule has 1 aliphatic rings. The van der Waals surface area contributed by atoms with E-state index in [-0.39, 0.29) is 5.91 Å². The summed E-state index contributed by atoms with van der Waals surface area (Å²) in [6.45, 7) is 0. The van der Waals surface area contributed by atoms with Gasteiger partial charge in [-0.15, -0.1) is 0 Å². The molecule has 2 rings (SSSR count). The van der Waals surface area contributed by atoms with Crippen molar-refractivity contribution in [1.29, 1.82) is 0 Å². The van der Waals surface area contributed by atoms with Crippen LogP contribution >= 0.6 is 0 Å². The van der Waals surface area contributed by atoms with E-state index in [0.29, 0.717) is 23.3 Å². The van der Waals surface area contributed by atoms with E-state index in [1.165, 1.54) is 19.3 Å². The van der Waals surface area contributed by atoms with Gasteiger partial charge < -0.3 is 19.5 Å². The largest absolute Gasteiger partial charge is 0.496 e. The van der Waals surface area contributed by atoms with Gasteiger partial charge in [-0.25, -0.2) is 0 Å². The van der Waals surface area contributed by atoms with E-state index in [9.17, 15) is 4.79 Å². The highest BCUT2D eigenvalue weighted by Crippen LogP contribution is 2.35. The zero-order valence-corrected chi connectivity index (χ0v) is 14.1. The summed E-state index contributed by atoms with van der Waals surface area (Å²) in [5, 5.41) is 3.06. The average Bonchev–Trinajstić information content (AvgIpc) is 2.59. The molecule has 1 amide bonds. The molecule has 0 aliphatic heterocycles. The van der Waals surface area contributed by atoms with Gasteiger partial charge in [0.2, 0.25) is 5.91 Å². The lowest BCUT2D eigenvalue weighted by Crippen LogP contribution is -2.34. The summed E-state index contributed by atoms with van der Waals surface area (Å²) in [7, 11) is 4.73. The molecule has 0 atom stereocenters. The van der Waals surface area contributed by atoms with Gasteiger partial charge in [-0.3, -0.25) is 4.79 Å². The maximum Gasteiger partial charge on any atom is 0.244 e. The van der Waals surface area contributed by atoms with E-state index in [4.69, 9.17) is 14.2 Å². The van der Waals surface area contributed by atoms with E-state index in [2.05, 4.69) is 5.32 Å². The Bertz CT molecular complexity index is 562. The summed E-state index contributed by atoms with van der Waals surface area (Å²) in [5.74, 6) is 1.74. The van der Waals surface area contributed by atoms with Gasteiger partial charge in [0.05, 0.1) is 21.3 Å². The number of rotatable bonds is 6. The predicted octanol–water partition coefficient (Wildman–Crippen LogP) is 3.17. The Morgan fingerprint density at radius 1 is 1.00 bits per heavy atom. The third-order valence-corrected chi connectivity index (χ3v) is 4.10. The SMILES string of the molecule is COc1cc(OC)c(OC)cc1/C=C/C(=O)NC1CCCCC1. The highest BCUT2D eigenvalue weighted by molar-refractivity contribution is 5.92. The summed E-state index contributed by atoms with van der Waals surface area (Å²) in [6, 6.07) is 3.84. The maximum absolute atomic E-state index is 12.1. The van der Waals surface area contributed by atoms with Gasteiger partial charge in [0.25, 0.3) is 0 Å². The second-order valence-corrected chi connectivity index (χ2v) is 5.63. The van der Waals surface area contributed by atoms with E-state index in [1.54, 1.807) is 45.6 Å². The van der Waals surface area contributed by atoms with Gasteiger partial charge >= 0.3 is 0 Å². The first kappa shape index (κ1) is 17.2. The molecule has 5 nitrogen and oxygen atoms in total. The summed E-state index contributed by atoms with van der Waals surface area (Å²) in [4.78, 5) is 12.1. The predicted molar refractivity (Wildman–Crippen MR) is 90.1 cm³/mol. The molecule has 5 heteroatoms. The van der Waals surface area contributed by atoms with Crippen LogP contribution in [0.3, 0.4) is 0 Å². The minimum Gasteiger partial charge on any atom is -0.496 e. The standard InChI is InChI=1S/C18H25NO4/c1-21-15-12-17(23-3)16(22-2)11-13(15)9-10-18(20)19-14-7-5-4-6-8-14/h9-12,14H,4-8H2,1-3H3,(H,19,20)/b10-9+. The third-order valence-electron chi connectivity index (χ3n) is 4.10. The van der Waals surface area contributed by atoms with Gasteiger partial charge in [-0.05, 0) is 25.0 Å². The van der Waals surface area contributed by atoms with Gasteiger partial charge in [-0.1, -0.05) is 19.3 Å². The molecule has 1 N–H and O–H groups in total. The number of methoxy groups -OCH3 is 3. The molecular weight excluding hydrogens is 294 g/mol. The van der Waals surface area contributed by atoms with Gasteiger partial charge in [-0.2, -0.15) is 0 Å². The Kier molecular flexibility index (Phi) is 6.32. The lowest BCUT2D eigenvalue weighted by molar-refractivity contribution is -0.117. The highest BCUT2D eigenvalue weighted by atomic mass is 16.5. The van der Waals surface area contributed by atoms with Crippen LogP contribution in [0.5, 0.6) is 17.2 Å². The molecule has 0 unspecified atom stereocenters. The van der Waals surface area contributed by atoms with Crippen LogP contribution in [0.2, 0.25) is 0 Å². The zero-order chi connectivity index (χ0) is 16.7. The number of hydrogen-bond acceptors (Lipinski definition) is 4. The van der Waals surface area contributed by atoms with Crippen LogP contribution in [0, 0.1) is 0 Å². The van der Waals surface area contributed by atoms with Crippen LogP contribution in [0.25, 0.3) is 6.08 Å². The normalized spacial score (nSPS) is 15.4. The second kappa shape index (κ2) is 8.46. The van der Waals surface area contributed by atoms with Crippen molar-refractivity contribution in [2.75, 3.05) is 21.3 Å². The molecule has 1 fully saturated rings. The Morgan fingerprint density at radius 2 is 1.61 bits per heavy atom. The first-order valence-corrected chi connectivity index (χ1v) is 7.96. The number of carbonyl (C=O) groups is 1. The number of carbonyl (C=O) groups excluding carboxylic acids is 1. The Balaban J connectivity index is 2.09. The molecular formula is C18H25NO4. The van der Waals surface area contributed by atoms with E-state index >= 15 is 0 Å². The Hall–Kier alpha value is -2.17. The van der Waals surface area contributed by atoms with Crippen molar-refractivity contribution in [1.82, 2.24) is 5.32 Å². The van der Waals surface area contributed by atoms with Crippen molar-refractivity contribution in [2.24, 2.45) is 0 Å². The molecule has 1 aromatic rings. The van der Waals surface area contributed by atoms with Gasteiger partial charge in [0.15, 0.2) is 11.5 Å². The second-order valence-electron chi connectivity index (χ2n) is 5.63. The van der Waals surface area contributed by atoms with Crippen LogP contribution < -0.4 is 19.5 Å². The Labute approximate surface area is 137 Å². The number of benzene rings is 1. The van der Waals surface area contributed by atoms with E-state index in [0.717, 1.165) is 18.4 Å². The van der Waals surface area contributed by atoms with Crippen LogP contribution in [0.4, 0.5) is 0 Å². The number of ether oxygens (including phenoxy) is 3. The quantitative estimate of drug-likeness (QED) is 0.818. The number of hydrogen-bond donors (Lipinski definition) is 1. The van der Waals surface area contributed by atoms with Crippen LogP contribution in [0.15, 0.2) is 18.2 Å². The Morgan fingerprint density at radius 3 is 2.22 bits per heavy atom. The third kappa shape index (κ3) is 4.65. The smallest absolute Gasteiger partial charge is 0.244 e. The van der Waals surface area contributed by atoms with E-state index < -0.39 is 0 Å². The van der Waals surface area contributed by atoms with Crippen LogP contribution in [-0.2, 0) is 4.79 Å². The first-order valence-electron chi connectivity index (χ1n) is 7.96. The summed E-state index contributed by atoms with van der Waals surface area (Å²) < 4.78 is 15.9. The molecule has 0 heterocycles. The fourth-order valence-electron chi connectivity index (χ4n) is 2.84. The van der Waals surface area contributed by atoms with Crippen LogP contribution in [-0.4, -0.2) is 33.3 Å². The van der Waals surface area contributed by atoms with Crippen molar-refractivity contribution in [2.45, 2.75) is 38.1 Å². The minimum atomic E-state index is -0.0752. The fraction of sp³-hybridized carbons (Fsp3) is 0.500. The molecule has 1 saturated carbocycles. The van der Waals surface area contributed by atoms with Crippen molar-refractivity contribution >= 4 is 12.0 Å². The summed E-state index contributed by atoms with van der Waals surface area (Å²) in [5.41, 5.74) is 0.768. The summed E-state index contributed by atoms with van der Waals surface area (Å²) in [6.07, 6.45) is 9.07. The maximum atomic E-state index is 12.1. The molecule has 126 valence electrons.